The largest absolute Gasteiger partial charge is 0.304 e. The van der Waals surface area contributed by atoms with Gasteiger partial charge in [0.15, 0.2) is 0 Å². The van der Waals surface area contributed by atoms with E-state index in [1.165, 1.54) is 11.3 Å². The topological polar surface area (TPSA) is 40.6 Å². The van der Waals surface area contributed by atoms with Gasteiger partial charge in [-0.15, -0.1) is 11.3 Å². The molecule has 0 aromatic carbocycles. The van der Waals surface area contributed by atoms with E-state index in [4.69, 9.17) is 0 Å². The Labute approximate surface area is 135 Å². The molecule has 0 aliphatic heterocycles. The van der Waals surface area contributed by atoms with Crippen LogP contribution in [-0.4, -0.2) is 50.3 Å². The van der Waals surface area contributed by atoms with Crippen molar-refractivity contribution in [2.45, 2.75) is 31.4 Å². The van der Waals surface area contributed by atoms with Crippen molar-refractivity contribution in [2.75, 3.05) is 32.7 Å². The third-order valence-corrected chi connectivity index (χ3v) is 7.34. The van der Waals surface area contributed by atoms with Crippen LogP contribution in [-0.2, 0) is 10.0 Å². The van der Waals surface area contributed by atoms with Gasteiger partial charge in [0.05, 0.1) is 3.79 Å². The zero-order valence-corrected chi connectivity index (χ0v) is 15.5. The quantitative estimate of drug-likeness (QED) is 0.657. The number of thiophene rings is 1. The van der Waals surface area contributed by atoms with Gasteiger partial charge in [-0.1, -0.05) is 20.8 Å². The minimum absolute atomic E-state index is 0.411. The molecular weight excluding hydrogens is 360 g/mol. The van der Waals surface area contributed by atoms with Crippen LogP contribution in [0.2, 0.25) is 0 Å². The maximum absolute atomic E-state index is 12.5. The van der Waals surface area contributed by atoms with E-state index >= 15 is 0 Å². The molecule has 0 saturated carbocycles. The van der Waals surface area contributed by atoms with Crippen molar-refractivity contribution < 1.29 is 8.42 Å². The van der Waals surface area contributed by atoms with Gasteiger partial charge >= 0.3 is 0 Å². The molecule has 1 aromatic heterocycles. The number of hydrogen-bond donors (Lipinski definition) is 0. The first-order chi connectivity index (χ1) is 9.45. The number of rotatable bonds is 9. The maximum atomic E-state index is 12.5. The van der Waals surface area contributed by atoms with Crippen molar-refractivity contribution in [1.82, 2.24) is 9.21 Å². The standard InChI is InChI=1S/C13H23BrN2O2S2/c1-4-15(5-2)10-7-11-16(6-3)20(17,18)13-9-8-12(14)19-13/h8-9H,4-7,10-11H2,1-3H3. The lowest BCUT2D eigenvalue weighted by atomic mass is 10.3. The van der Waals surface area contributed by atoms with Gasteiger partial charge in [0, 0.05) is 13.1 Å². The van der Waals surface area contributed by atoms with Gasteiger partial charge < -0.3 is 4.90 Å². The molecule has 0 bridgehead atoms. The van der Waals surface area contributed by atoms with E-state index in [1.54, 1.807) is 16.4 Å². The van der Waals surface area contributed by atoms with E-state index in [1.807, 2.05) is 6.92 Å². The first-order valence-electron chi connectivity index (χ1n) is 6.93. The molecule has 1 aromatic rings. The van der Waals surface area contributed by atoms with Crippen LogP contribution in [0.15, 0.2) is 20.1 Å². The van der Waals surface area contributed by atoms with Crippen molar-refractivity contribution in [3.8, 4) is 0 Å². The summed E-state index contributed by atoms with van der Waals surface area (Å²) < 4.78 is 27.8. The van der Waals surface area contributed by atoms with Crippen LogP contribution in [0, 0.1) is 0 Å². The molecule has 20 heavy (non-hydrogen) atoms. The van der Waals surface area contributed by atoms with Crippen molar-refractivity contribution in [1.29, 1.82) is 0 Å². The molecule has 0 N–H and O–H groups in total. The van der Waals surface area contributed by atoms with Crippen LogP contribution in [0.5, 0.6) is 0 Å². The van der Waals surface area contributed by atoms with E-state index in [0.29, 0.717) is 17.3 Å². The lowest BCUT2D eigenvalue weighted by Gasteiger charge is -2.22. The van der Waals surface area contributed by atoms with Gasteiger partial charge in [-0.25, -0.2) is 8.42 Å². The Morgan fingerprint density at radius 2 is 1.75 bits per heavy atom. The van der Waals surface area contributed by atoms with Gasteiger partial charge in [0.1, 0.15) is 4.21 Å². The van der Waals surface area contributed by atoms with E-state index in [2.05, 4.69) is 34.7 Å². The second-order valence-electron chi connectivity index (χ2n) is 4.44. The molecule has 0 atom stereocenters. The number of sulfonamides is 1. The highest BCUT2D eigenvalue weighted by atomic mass is 79.9. The maximum Gasteiger partial charge on any atom is 0.252 e. The molecule has 1 rings (SSSR count). The Balaban J connectivity index is 2.66. The normalized spacial score (nSPS) is 12.5. The zero-order valence-electron chi connectivity index (χ0n) is 12.3. The van der Waals surface area contributed by atoms with Crippen molar-refractivity contribution in [3.63, 3.8) is 0 Å². The minimum atomic E-state index is -3.34. The highest BCUT2D eigenvalue weighted by Crippen LogP contribution is 2.28. The van der Waals surface area contributed by atoms with E-state index < -0.39 is 10.0 Å². The summed E-state index contributed by atoms with van der Waals surface area (Å²) >= 11 is 4.58. The fraction of sp³-hybridized carbons (Fsp3) is 0.692. The van der Waals surface area contributed by atoms with Crippen molar-refractivity contribution in [2.24, 2.45) is 0 Å². The van der Waals surface area contributed by atoms with Crippen LogP contribution in [0.3, 0.4) is 0 Å². The third-order valence-electron chi connectivity index (χ3n) is 3.27. The van der Waals surface area contributed by atoms with Crippen LogP contribution in [0.25, 0.3) is 0 Å². The van der Waals surface area contributed by atoms with Gasteiger partial charge in [-0.3, -0.25) is 0 Å². The fourth-order valence-corrected chi connectivity index (χ4v) is 5.67. The van der Waals surface area contributed by atoms with Crippen LogP contribution < -0.4 is 0 Å². The Kier molecular flexibility index (Phi) is 7.68. The van der Waals surface area contributed by atoms with Crippen LogP contribution in [0.4, 0.5) is 0 Å². The Morgan fingerprint density at radius 1 is 1.10 bits per heavy atom. The van der Waals surface area contributed by atoms with Gasteiger partial charge in [0.2, 0.25) is 0 Å². The van der Waals surface area contributed by atoms with Crippen LogP contribution >= 0.6 is 27.3 Å². The highest BCUT2D eigenvalue weighted by Gasteiger charge is 2.24. The molecule has 0 saturated heterocycles. The third kappa shape index (κ3) is 4.80. The SMILES string of the molecule is CCN(CC)CCCN(CC)S(=O)(=O)c1ccc(Br)s1. The highest BCUT2D eigenvalue weighted by molar-refractivity contribution is 9.11. The molecule has 0 unspecified atom stereocenters. The van der Waals surface area contributed by atoms with Gasteiger partial charge in [0.25, 0.3) is 10.0 Å². The second kappa shape index (κ2) is 8.48. The molecule has 4 nitrogen and oxygen atoms in total. The predicted molar refractivity (Wildman–Crippen MR) is 88.9 cm³/mol. The number of hydrogen-bond acceptors (Lipinski definition) is 4. The first-order valence-corrected chi connectivity index (χ1v) is 9.98. The van der Waals surface area contributed by atoms with Crippen LogP contribution in [0.1, 0.15) is 27.2 Å². The monoisotopic (exact) mass is 382 g/mol. The second-order valence-corrected chi connectivity index (χ2v) is 9.06. The summed E-state index contributed by atoms with van der Waals surface area (Å²) in [6.07, 6.45) is 0.862. The molecule has 0 amide bonds. The Morgan fingerprint density at radius 3 is 2.20 bits per heavy atom. The van der Waals surface area contributed by atoms with Crippen molar-refractivity contribution >= 4 is 37.3 Å². The Bertz CT molecular complexity index is 498. The predicted octanol–water partition coefficient (Wildman–Crippen LogP) is 3.25. The molecule has 0 spiro atoms. The summed E-state index contributed by atoms with van der Waals surface area (Å²) in [5, 5.41) is 0. The lowest BCUT2D eigenvalue weighted by Crippen LogP contribution is -2.34. The summed E-state index contributed by atoms with van der Waals surface area (Å²) in [4.78, 5) is 2.31. The molecule has 0 fully saturated rings. The number of halogens is 1. The minimum Gasteiger partial charge on any atom is -0.304 e. The Hall–Kier alpha value is 0.0500. The average molecular weight is 383 g/mol. The first kappa shape index (κ1) is 18.1. The molecule has 1 heterocycles. The average Bonchev–Trinajstić information content (AvgIpc) is 2.86. The van der Waals surface area contributed by atoms with E-state index in [-0.39, 0.29) is 0 Å². The summed E-state index contributed by atoms with van der Waals surface area (Å²) in [5.41, 5.74) is 0. The number of nitrogens with zero attached hydrogens (tertiary/aromatic N) is 2. The van der Waals surface area contributed by atoms with E-state index in [9.17, 15) is 8.42 Å². The molecule has 0 radical (unpaired) electrons. The molecule has 7 heteroatoms. The van der Waals surface area contributed by atoms with E-state index in [0.717, 1.165) is 29.8 Å². The summed E-state index contributed by atoms with van der Waals surface area (Å²) in [5.74, 6) is 0. The molecular formula is C13H23BrN2O2S2. The molecule has 0 aliphatic carbocycles. The van der Waals surface area contributed by atoms with Gasteiger partial charge in [-0.05, 0) is 54.1 Å². The smallest absolute Gasteiger partial charge is 0.252 e. The summed E-state index contributed by atoms with van der Waals surface area (Å²) in [7, 11) is -3.34. The van der Waals surface area contributed by atoms with Crippen molar-refractivity contribution in [3.05, 3.63) is 15.9 Å². The fourth-order valence-electron chi connectivity index (χ4n) is 2.02. The van der Waals surface area contributed by atoms with Gasteiger partial charge in [-0.2, -0.15) is 4.31 Å². The zero-order chi connectivity index (χ0) is 15.2. The molecule has 0 aliphatic rings. The summed E-state index contributed by atoms with van der Waals surface area (Å²) in [6.45, 7) is 10.2. The summed E-state index contributed by atoms with van der Waals surface area (Å²) in [6, 6.07) is 3.44. The molecule has 116 valence electrons. The lowest BCUT2D eigenvalue weighted by molar-refractivity contribution is 0.285.